The van der Waals surface area contributed by atoms with Crippen molar-refractivity contribution in [2.45, 2.75) is 12.8 Å². The lowest BCUT2D eigenvalue weighted by Crippen LogP contribution is -2.16. The Kier molecular flexibility index (Phi) is 6.89. The lowest BCUT2D eigenvalue weighted by atomic mass is 10.1. The summed E-state index contributed by atoms with van der Waals surface area (Å²) in [6.45, 7) is 0.926. The molecule has 1 amide bonds. The molecule has 0 fully saturated rings. The summed E-state index contributed by atoms with van der Waals surface area (Å²) in [5.41, 5.74) is 1.03. The Hall–Kier alpha value is -3.48. The Morgan fingerprint density at radius 3 is 2.36 bits per heavy atom. The minimum absolute atomic E-state index is 0.192. The van der Waals surface area contributed by atoms with Crippen LogP contribution in [0.4, 0.5) is 16.0 Å². The van der Waals surface area contributed by atoms with Crippen LogP contribution in [0.1, 0.15) is 12.0 Å². The smallest absolute Gasteiger partial charge is 0.229 e. The van der Waals surface area contributed by atoms with Gasteiger partial charge in [0.15, 0.2) is 5.82 Å². The van der Waals surface area contributed by atoms with Gasteiger partial charge in [0.1, 0.15) is 17.4 Å². The highest BCUT2D eigenvalue weighted by Gasteiger charge is 2.05. The molecule has 0 unspecified atom stereocenters. The molecule has 6 nitrogen and oxygen atoms in total. The molecule has 7 heteroatoms. The summed E-state index contributed by atoms with van der Waals surface area (Å²) in [5.74, 6) is 1.28. The van der Waals surface area contributed by atoms with Gasteiger partial charge >= 0.3 is 0 Å². The van der Waals surface area contributed by atoms with Gasteiger partial charge < -0.3 is 15.4 Å². The third-order valence-corrected chi connectivity index (χ3v) is 3.91. The van der Waals surface area contributed by atoms with Gasteiger partial charge in [-0.3, -0.25) is 4.79 Å². The van der Waals surface area contributed by atoms with Crippen LogP contribution < -0.4 is 15.4 Å². The highest BCUT2D eigenvalue weighted by molar-refractivity contribution is 5.89. The Balaban J connectivity index is 1.37. The zero-order valence-electron chi connectivity index (χ0n) is 15.3. The van der Waals surface area contributed by atoms with E-state index in [1.165, 1.54) is 12.1 Å². The van der Waals surface area contributed by atoms with Crippen LogP contribution in [0.2, 0.25) is 0 Å². The topological polar surface area (TPSA) is 76.1 Å². The molecule has 3 rings (SSSR count). The molecule has 1 aromatic heterocycles. The average Bonchev–Trinajstić information content (AvgIpc) is 2.72. The van der Waals surface area contributed by atoms with Gasteiger partial charge in [0.2, 0.25) is 5.91 Å². The van der Waals surface area contributed by atoms with E-state index in [4.69, 9.17) is 4.74 Å². The standard InChI is InChI=1S/C21H21FN4O2/c22-17-8-6-16(7-9-17)12-14-23-19-10-11-20(26-25-19)24-21(27)13-15-28-18-4-2-1-3-5-18/h1-11H,12-15H2,(H,23,25)(H,24,26,27). The number of anilines is 2. The zero-order valence-corrected chi connectivity index (χ0v) is 15.3. The minimum Gasteiger partial charge on any atom is -0.493 e. The van der Waals surface area contributed by atoms with E-state index in [1.54, 1.807) is 24.3 Å². The predicted molar refractivity (Wildman–Crippen MR) is 106 cm³/mol. The largest absolute Gasteiger partial charge is 0.493 e. The second-order valence-electron chi connectivity index (χ2n) is 6.07. The van der Waals surface area contributed by atoms with E-state index in [2.05, 4.69) is 20.8 Å². The van der Waals surface area contributed by atoms with Crippen molar-refractivity contribution in [2.75, 3.05) is 23.8 Å². The normalized spacial score (nSPS) is 10.3. The predicted octanol–water partition coefficient (Wildman–Crippen LogP) is 3.68. The first-order valence-electron chi connectivity index (χ1n) is 8.99. The van der Waals surface area contributed by atoms with Crippen LogP contribution in [0.25, 0.3) is 0 Å². The molecule has 0 aliphatic carbocycles. The zero-order chi connectivity index (χ0) is 19.6. The summed E-state index contributed by atoms with van der Waals surface area (Å²) in [5, 5.41) is 13.9. The first-order chi connectivity index (χ1) is 13.7. The van der Waals surface area contributed by atoms with Gasteiger partial charge in [0.05, 0.1) is 13.0 Å². The molecular formula is C21H21FN4O2. The summed E-state index contributed by atoms with van der Waals surface area (Å²) in [6, 6.07) is 19.1. The molecule has 2 aromatic carbocycles. The van der Waals surface area contributed by atoms with Crippen molar-refractivity contribution in [3.63, 3.8) is 0 Å². The van der Waals surface area contributed by atoms with Crippen LogP contribution in [0.15, 0.2) is 66.7 Å². The number of aromatic nitrogens is 2. The molecule has 0 aliphatic heterocycles. The van der Waals surface area contributed by atoms with Crippen molar-refractivity contribution in [2.24, 2.45) is 0 Å². The molecule has 28 heavy (non-hydrogen) atoms. The Bertz CT molecular complexity index is 871. The van der Waals surface area contributed by atoms with E-state index < -0.39 is 0 Å². The molecule has 0 saturated carbocycles. The minimum atomic E-state index is -0.244. The molecule has 0 aliphatic rings. The maximum Gasteiger partial charge on any atom is 0.229 e. The highest BCUT2D eigenvalue weighted by atomic mass is 19.1. The Labute approximate surface area is 162 Å². The van der Waals surface area contributed by atoms with Gasteiger partial charge in [0, 0.05) is 6.54 Å². The van der Waals surface area contributed by atoms with Gasteiger partial charge in [0.25, 0.3) is 0 Å². The lowest BCUT2D eigenvalue weighted by molar-refractivity contribution is -0.116. The number of carbonyl (C=O) groups excluding carboxylic acids is 1. The summed E-state index contributed by atoms with van der Waals surface area (Å²) < 4.78 is 18.4. The first kappa shape index (κ1) is 19.3. The van der Waals surface area contributed by atoms with Crippen LogP contribution in [0.5, 0.6) is 5.75 Å². The number of amides is 1. The fraction of sp³-hybridized carbons (Fsp3) is 0.190. The number of nitrogens with one attached hydrogen (secondary N) is 2. The number of halogens is 1. The molecule has 1 heterocycles. The number of hydrogen-bond acceptors (Lipinski definition) is 5. The number of para-hydroxylation sites is 1. The van der Waals surface area contributed by atoms with E-state index in [-0.39, 0.29) is 24.8 Å². The molecule has 0 radical (unpaired) electrons. The van der Waals surface area contributed by atoms with Gasteiger partial charge in [-0.25, -0.2) is 4.39 Å². The number of carbonyl (C=O) groups is 1. The first-order valence-corrected chi connectivity index (χ1v) is 8.99. The van der Waals surface area contributed by atoms with Crippen molar-refractivity contribution < 1.29 is 13.9 Å². The second kappa shape index (κ2) is 10.0. The SMILES string of the molecule is O=C(CCOc1ccccc1)Nc1ccc(NCCc2ccc(F)cc2)nn1. The quantitative estimate of drug-likeness (QED) is 0.592. The van der Waals surface area contributed by atoms with E-state index in [0.717, 1.165) is 17.7 Å². The van der Waals surface area contributed by atoms with E-state index in [0.29, 0.717) is 18.2 Å². The van der Waals surface area contributed by atoms with Gasteiger partial charge in [-0.2, -0.15) is 0 Å². The van der Waals surface area contributed by atoms with Crippen LogP contribution >= 0.6 is 0 Å². The van der Waals surface area contributed by atoms with Gasteiger partial charge in [-0.1, -0.05) is 30.3 Å². The number of ether oxygens (including phenoxy) is 1. The average molecular weight is 380 g/mol. The fourth-order valence-corrected chi connectivity index (χ4v) is 2.46. The number of benzene rings is 2. The second-order valence-corrected chi connectivity index (χ2v) is 6.07. The Morgan fingerprint density at radius 1 is 0.929 bits per heavy atom. The third kappa shape index (κ3) is 6.35. The molecule has 0 saturated heterocycles. The molecular weight excluding hydrogens is 359 g/mol. The molecule has 2 N–H and O–H groups in total. The van der Waals surface area contributed by atoms with Gasteiger partial charge in [-0.05, 0) is 48.4 Å². The maximum absolute atomic E-state index is 12.9. The highest BCUT2D eigenvalue weighted by Crippen LogP contribution is 2.10. The molecule has 144 valence electrons. The summed E-state index contributed by atoms with van der Waals surface area (Å²) in [7, 11) is 0. The Morgan fingerprint density at radius 2 is 1.64 bits per heavy atom. The van der Waals surface area contributed by atoms with Crippen molar-refractivity contribution >= 4 is 17.5 Å². The molecule has 3 aromatic rings. The van der Waals surface area contributed by atoms with Crippen LogP contribution in [-0.2, 0) is 11.2 Å². The molecule has 0 bridgehead atoms. The summed E-state index contributed by atoms with van der Waals surface area (Å²) in [4.78, 5) is 11.9. The van der Waals surface area contributed by atoms with Gasteiger partial charge in [-0.15, -0.1) is 10.2 Å². The molecule has 0 atom stereocenters. The van der Waals surface area contributed by atoms with Crippen LogP contribution in [0.3, 0.4) is 0 Å². The number of rotatable bonds is 9. The van der Waals surface area contributed by atoms with Crippen molar-refractivity contribution in [3.8, 4) is 5.75 Å². The number of nitrogens with zero attached hydrogens (tertiary/aromatic N) is 2. The van der Waals surface area contributed by atoms with E-state index >= 15 is 0 Å². The molecule has 0 spiro atoms. The fourth-order valence-electron chi connectivity index (χ4n) is 2.46. The monoisotopic (exact) mass is 380 g/mol. The van der Waals surface area contributed by atoms with Crippen molar-refractivity contribution in [1.29, 1.82) is 0 Å². The summed E-state index contributed by atoms with van der Waals surface area (Å²) in [6.07, 6.45) is 0.954. The van der Waals surface area contributed by atoms with E-state index in [9.17, 15) is 9.18 Å². The maximum atomic E-state index is 12.9. The van der Waals surface area contributed by atoms with Crippen LogP contribution in [0, 0.1) is 5.82 Å². The van der Waals surface area contributed by atoms with Crippen molar-refractivity contribution in [3.05, 3.63) is 78.1 Å². The van der Waals surface area contributed by atoms with Crippen LogP contribution in [-0.4, -0.2) is 29.3 Å². The summed E-state index contributed by atoms with van der Waals surface area (Å²) >= 11 is 0. The van der Waals surface area contributed by atoms with Crippen molar-refractivity contribution in [1.82, 2.24) is 10.2 Å². The van der Waals surface area contributed by atoms with E-state index in [1.807, 2.05) is 30.3 Å². The third-order valence-electron chi connectivity index (χ3n) is 3.91. The lowest BCUT2D eigenvalue weighted by Gasteiger charge is -2.08. The number of hydrogen-bond donors (Lipinski definition) is 2.